The summed E-state index contributed by atoms with van der Waals surface area (Å²) in [5.74, 6) is 1.72. The van der Waals surface area contributed by atoms with E-state index in [0.29, 0.717) is 0 Å². The minimum absolute atomic E-state index is 0.841. The number of methoxy groups -OCH3 is 1. The maximum atomic E-state index is 5.28. The summed E-state index contributed by atoms with van der Waals surface area (Å²) in [7, 11) is 1.68. The first kappa shape index (κ1) is 16.2. The van der Waals surface area contributed by atoms with Gasteiger partial charge in [-0.15, -0.1) is 0 Å². The molecule has 4 rings (SSSR count). The maximum absolute atomic E-state index is 5.28. The second kappa shape index (κ2) is 6.89. The van der Waals surface area contributed by atoms with Crippen molar-refractivity contribution in [3.63, 3.8) is 0 Å². The van der Waals surface area contributed by atoms with E-state index >= 15 is 0 Å². The summed E-state index contributed by atoms with van der Waals surface area (Å²) in [6, 6.07) is 26.6. The number of imidazole rings is 1. The highest BCUT2D eigenvalue weighted by atomic mass is 16.5. The largest absolute Gasteiger partial charge is 0.497 e. The molecule has 0 saturated carbocycles. The number of benzene rings is 3. The van der Waals surface area contributed by atoms with Crippen molar-refractivity contribution in [3.05, 3.63) is 84.4 Å². The summed E-state index contributed by atoms with van der Waals surface area (Å²) >= 11 is 0. The summed E-state index contributed by atoms with van der Waals surface area (Å²) in [5.41, 5.74) is 6.45. The Bertz CT molecular complexity index is 1020. The number of ether oxygens (including phenoxy) is 1. The molecule has 0 aliphatic rings. The van der Waals surface area contributed by atoms with Crippen LogP contribution in [0, 0.1) is 6.92 Å². The fraction of sp³-hybridized carbons (Fsp3) is 0.0870. The standard InChI is InChI=1S/C23H20N2O/c1-16-8-6-7-11-20(16)23-24-21(17-9-4-3-5-10-17)22(25-23)18-12-14-19(26-2)15-13-18/h3-15H,1-2H3,(H,24,25). The molecule has 3 heteroatoms. The quantitative estimate of drug-likeness (QED) is 0.515. The molecule has 0 saturated heterocycles. The van der Waals surface area contributed by atoms with Crippen LogP contribution in [-0.2, 0) is 0 Å². The van der Waals surface area contributed by atoms with Crippen molar-refractivity contribution < 1.29 is 4.74 Å². The lowest BCUT2D eigenvalue weighted by Gasteiger charge is -2.05. The Kier molecular flexibility index (Phi) is 4.28. The van der Waals surface area contributed by atoms with Gasteiger partial charge in [0, 0.05) is 16.7 Å². The molecule has 128 valence electrons. The number of nitrogens with zero attached hydrogens (tertiary/aromatic N) is 1. The Balaban J connectivity index is 1.89. The number of aromatic amines is 1. The molecule has 0 aliphatic heterocycles. The van der Waals surface area contributed by atoms with Gasteiger partial charge in [0.05, 0.1) is 18.5 Å². The molecule has 0 bridgehead atoms. The fourth-order valence-electron chi connectivity index (χ4n) is 3.11. The third-order valence-corrected chi connectivity index (χ3v) is 4.53. The average molecular weight is 340 g/mol. The zero-order valence-electron chi connectivity index (χ0n) is 14.9. The van der Waals surface area contributed by atoms with Crippen LogP contribution in [0.2, 0.25) is 0 Å². The average Bonchev–Trinajstić information content (AvgIpc) is 3.14. The summed E-state index contributed by atoms with van der Waals surface area (Å²) in [5, 5.41) is 0. The molecular weight excluding hydrogens is 320 g/mol. The first-order chi connectivity index (χ1) is 12.8. The van der Waals surface area contributed by atoms with Crippen molar-refractivity contribution in [1.82, 2.24) is 9.97 Å². The van der Waals surface area contributed by atoms with Crippen molar-refractivity contribution in [2.45, 2.75) is 6.92 Å². The third kappa shape index (κ3) is 3.00. The van der Waals surface area contributed by atoms with E-state index in [9.17, 15) is 0 Å². The maximum Gasteiger partial charge on any atom is 0.138 e. The Hall–Kier alpha value is -3.33. The lowest BCUT2D eigenvalue weighted by Crippen LogP contribution is -1.86. The van der Waals surface area contributed by atoms with Crippen molar-refractivity contribution in [2.75, 3.05) is 7.11 Å². The summed E-state index contributed by atoms with van der Waals surface area (Å²) in [6.45, 7) is 2.10. The van der Waals surface area contributed by atoms with E-state index < -0.39 is 0 Å². The molecular formula is C23H20N2O. The van der Waals surface area contributed by atoms with Crippen LogP contribution in [0.3, 0.4) is 0 Å². The van der Waals surface area contributed by atoms with Gasteiger partial charge < -0.3 is 9.72 Å². The molecule has 3 nitrogen and oxygen atoms in total. The smallest absolute Gasteiger partial charge is 0.138 e. The van der Waals surface area contributed by atoms with Crippen LogP contribution in [-0.4, -0.2) is 17.1 Å². The summed E-state index contributed by atoms with van der Waals surface area (Å²) < 4.78 is 5.28. The van der Waals surface area contributed by atoms with Crippen LogP contribution < -0.4 is 4.74 Å². The number of rotatable bonds is 4. The zero-order valence-corrected chi connectivity index (χ0v) is 14.9. The van der Waals surface area contributed by atoms with E-state index in [0.717, 1.165) is 39.7 Å². The minimum atomic E-state index is 0.841. The minimum Gasteiger partial charge on any atom is -0.497 e. The molecule has 0 atom stereocenters. The van der Waals surface area contributed by atoms with E-state index in [-0.39, 0.29) is 0 Å². The van der Waals surface area contributed by atoms with Crippen LogP contribution >= 0.6 is 0 Å². The Morgan fingerprint density at radius 2 is 1.46 bits per heavy atom. The van der Waals surface area contributed by atoms with Crippen molar-refractivity contribution in [1.29, 1.82) is 0 Å². The van der Waals surface area contributed by atoms with Gasteiger partial charge >= 0.3 is 0 Å². The molecule has 1 aromatic heterocycles. The van der Waals surface area contributed by atoms with Gasteiger partial charge in [0.1, 0.15) is 11.6 Å². The van der Waals surface area contributed by atoms with Gasteiger partial charge in [-0.1, -0.05) is 54.6 Å². The van der Waals surface area contributed by atoms with Gasteiger partial charge in [0.15, 0.2) is 0 Å². The number of aromatic nitrogens is 2. The van der Waals surface area contributed by atoms with Gasteiger partial charge in [0.25, 0.3) is 0 Å². The fourth-order valence-corrected chi connectivity index (χ4v) is 3.11. The molecule has 0 amide bonds. The van der Waals surface area contributed by atoms with Crippen molar-refractivity contribution >= 4 is 0 Å². The van der Waals surface area contributed by atoms with Gasteiger partial charge in [0.2, 0.25) is 0 Å². The Labute approximate surface area is 153 Å². The number of H-pyrrole nitrogens is 1. The van der Waals surface area contributed by atoms with Crippen molar-refractivity contribution in [2.24, 2.45) is 0 Å². The topological polar surface area (TPSA) is 37.9 Å². The molecule has 0 unspecified atom stereocenters. The van der Waals surface area contributed by atoms with Crippen LogP contribution in [0.25, 0.3) is 33.9 Å². The van der Waals surface area contributed by atoms with Gasteiger partial charge in [-0.25, -0.2) is 4.98 Å². The first-order valence-electron chi connectivity index (χ1n) is 8.62. The predicted octanol–water partition coefficient (Wildman–Crippen LogP) is 5.73. The molecule has 0 aliphatic carbocycles. The number of aryl methyl sites for hydroxylation is 1. The van der Waals surface area contributed by atoms with Gasteiger partial charge in [-0.05, 0) is 36.8 Å². The van der Waals surface area contributed by atoms with Crippen LogP contribution in [0.15, 0.2) is 78.9 Å². The van der Waals surface area contributed by atoms with E-state index in [4.69, 9.17) is 9.72 Å². The van der Waals surface area contributed by atoms with E-state index in [2.05, 4.69) is 48.3 Å². The third-order valence-electron chi connectivity index (χ3n) is 4.53. The highest BCUT2D eigenvalue weighted by Gasteiger charge is 2.16. The SMILES string of the molecule is COc1ccc(-c2[nH]c(-c3ccccc3C)nc2-c2ccccc2)cc1. The molecule has 26 heavy (non-hydrogen) atoms. The molecule has 1 heterocycles. The van der Waals surface area contributed by atoms with E-state index in [1.54, 1.807) is 7.11 Å². The normalized spacial score (nSPS) is 10.7. The monoisotopic (exact) mass is 340 g/mol. The second-order valence-corrected chi connectivity index (χ2v) is 6.22. The van der Waals surface area contributed by atoms with Crippen LogP contribution in [0.1, 0.15) is 5.56 Å². The molecule has 0 radical (unpaired) electrons. The lowest BCUT2D eigenvalue weighted by atomic mass is 10.1. The lowest BCUT2D eigenvalue weighted by molar-refractivity contribution is 0.415. The van der Waals surface area contributed by atoms with E-state index in [1.807, 2.05) is 42.5 Å². The molecule has 0 spiro atoms. The summed E-state index contributed by atoms with van der Waals surface area (Å²) in [6.07, 6.45) is 0. The van der Waals surface area contributed by atoms with Gasteiger partial charge in [-0.3, -0.25) is 0 Å². The highest BCUT2D eigenvalue weighted by Crippen LogP contribution is 2.34. The van der Waals surface area contributed by atoms with E-state index in [1.165, 1.54) is 5.56 Å². The van der Waals surface area contributed by atoms with Gasteiger partial charge in [-0.2, -0.15) is 0 Å². The predicted molar refractivity (Wildman–Crippen MR) is 106 cm³/mol. The number of hydrogen-bond donors (Lipinski definition) is 1. The number of hydrogen-bond acceptors (Lipinski definition) is 2. The first-order valence-corrected chi connectivity index (χ1v) is 8.62. The van der Waals surface area contributed by atoms with Crippen LogP contribution in [0.4, 0.5) is 0 Å². The number of nitrogens with one attached hydrogen (secondary N) is 1. The molecule has 4 aromatic rings. The molecule has 1 N–H and O–H groups in total. The Morgan fingerprint density at radius 1 is 0.769 bits per heavy atom. The molecule has 3 aromatic carbocycles. The second-order valence-electron chi connectivity index (χ2n) is 6.22. The Morgan fingerprint density at radius 3 is 2.15 bits per heavy atom. The highest BCUT2D eigenvalue weighted by molar-refractivity contribution is 5.81. The van der Waals surface area contributed by atoms with Crippen LogP contribution in [0.5, 0.6) is 5.75 Å². The zero-order chi connectivity index (χ0) is 17.9. The molecule has 0 fully saturated rings. The summed E-state index contributed by atoms with van der Waals surface area (Å²) in [4.78, 5) is 8.48. The van der Waals surface area contributed by atoms with Crippen molar-refractivity contribution in [3.8, 4) is 39.7 Å².